The quantitative estimate of drug-likeness (QED) is 0.0606. The number of hydrogen-bond acceptors (Lipinski definition) is 1. The van der Waals surface area contributed by atoms with Gasteiger partial charge in [0.25, 0.3) is 0 Å². The largest absolute Gasteiger partial charge is 0.356 e. The molecule has 0 saturated heterocycles. The number of nitrogens with one attached hydrogen (secondary N) is 1. The molecule has 0 radical (unpaired) electrons. The summed E-state index contributed by atoms with van der Waals surface area (Å²) in [5.41, 5.74) is 0. The van der Waals surface area contributed by atoms with Gasteiger partial charge in [-0.3, -0.25) is 4.79 Å². The lowest BCUT2D eigenvalue weighted by Gasteiger charge is -2.17. The molecule has 0 aromatic rings. The molecular weight excluding hydrogens is 763 g/mol. The van der Waals surface area contributed by atoms with Crippen LogP contribution in [0.25, 0.3) is 0 Å². The van der Waals surface area contributed by atoms with Gasteiger partial charge in [0.15, 0.2) is 0 Å². The van der Waals surface area contributed by atoms with E-state index in [1.807, 2.05) is 0 Å². The van der Waals surface area contributed by atoms with E-state index in [1.165, 1.54) is 334 Å². The SMILES string of the molecule is CCCCCCCCCCCCCCCCCCCCCCCCCCC(CCCCCCCCCCCCCCCCCCCCCCCCC)C(=O)NCCCCCCCC. The third kappa shape index (κ3) is 54.0. The Morgan fingerprint density at radius 2 is 0.397 bits per heavy atom. The maximum absolute atomic E-state index is 13.3. The number of hydrogen-bond donors (Lipinski definition) is 1. The third-order valence-corrected chi connectivity index (χ3v) is 14.8. The third-order valence-electron chi connectivity index (χ3n) is 14.8. The highest BCUT2D eigenvalue weighted by atomic mass is 16.1. The first-order valence-corrected chi connectivity index (χ1v) is 30.5. The van der Waals surface area contributed by atoms with Crippen LogP contribution < -0.4 is 5.32 Å². The van der Waals surface area contributed by atoms with Crippen molar-refractivity contribution < 1.29 is 4.79 Å². The summed E-state index contributed by atoms with van der Waals surface area (Å²) in [5, 5.41) is 3.37. The van der Waals surface area contributed by atoms with Crippen LogP contribution in [0.1, 0.15) is 374 Å². The van der Waals surface area contributed by atoms with Crippen molar-refractivity contribution in [2.45, 2.75) is 374 Å². The Bertz CT molecular complexity index is 809. The maximum atomic E-state index is 13.3. The molecule has 0 aliphatic rings. The van der Waals surface area contributed by atoms with Crippen LogP contribution >= 0.6 is 0 Å². The molecule has 1 N–H and O–H groups in total. The van der Waals surface area contributed by atoms with E-state index in [9.17, 15) is 4.79 Å². The molecule has 0 aliphatic carbocycles. The Labute approximate surface area is 400 Å². The highest BCUT2D eigenvalue weighted by molar-refractivity contribution is 5.78. The lowest BCUT2D eigenvalue weighted by molar-refractivity contribution is -0.125. The zero-order valence-corrected chi connectivity index (χ0v) is 44.6. The molecule has 0 rings (SSSR count). The molecule has 2 nitrogen and oxygen atoms in total. The monoisotopic (exact) mass is 886 g/mol. The molecule has 1 unspecified atom stereocenters. The topological polar surface area (TPSA) is 29.1 Å². The predicted octanol–water partition coefficient (Wildman–Crippen LogP) is 22.2. The van der Waals surface area contributed by atoms with Crippen molar-refractivity contribution in [3.8, 4) is 0 Å². The molecule has 63 heavy (non-hydrogen) atoms. The van der Waals surface area contributed by atoms with Crippen LogP contribution in [-0.2, 0) is 4.79 Å². The van der Waals surface area contributed by atoms with Crippen LogP contribution in [0.3, 0.4) is 0 Å². The van der Waals surface area contributed by atoms with Gasteiger partial charge in [-0.1, -0.05) is 355 Å². The average molecular weight is 887 g/mol. The minimum Gasteiger partial charge on any atom is -0.356 e. The Kier molecular flexibility index (Phi) is 57.1. The van der Waals surface area contributed by atoms with Gasteiger partial charge in [-0.2, -0.15) is 0 Å². The van der Waals surface area contributed by atoms with Crippen molar-refractivity contribution in [3.63, 3.8) is 0 Å². The summed E-state index contributed by atoms with van der Waals surface area (Å²) in [6, 6.07) is 0. The number of rotatable bonds is 57. The Hall–Kier alpha value is -0.530. The van der Waals surface area contributed by atoms with E-state index in [-0.39, 0.29) is 5.92 Å². The average Bonchev–Trinajstić information content (AvgIpc) is 3.29. The lowest BCUT2D eigenvalue weighted by Crippen LogP contribution is -2.31. The van der Waals surface area contributed by atoms with Gasteiger partial charge < -0.3 is 5.32 Å². The zero-order valence-electron chi connectivity index (χ0n) is 44.6. The van der Waals surface area contributed by atoms with Crippen LogP contribution in [-0.4, -0.2) is 12.5 Å². The van der Waals surface area contributed by atoms with Gasteiger partial charge in [-0.25, -0.2) is 0 Å². The normalized spacial score (nSPS) is 12.1. The number of unbranched alkanes of at least 4 members (excludes halogenated alkanes) is 50. The fourth-order valence-electron chi connectivity index (χ4n) is 10.2. The summed E-state index contributed by atoms with van der Waals surface area (Å²) < 4.78 is 0. The highest BCUT2D eigenvalue weighted by Crippen LogP contribution is 2.22. The van der Waals surface area contributed by atoms with Gasteiger partial charge in [0.1, 0.15) is 0 Å². The highest BCUT2D eigenvalue weighted by Gasteiger charge is 2.17. The van der Waals surface area contributed by atoms with Crippen molar-refractivity contribution in [3.05, 3.63) is 0 Å². The number of amides is 1. The van der Waals surface area contributed by atoms with E-state index in [0.29, 0.717) is 5.91 Å². The lowest BCUT2D eigenvalue weighted by atomic mass is 9.93. The van der Waals surface area contributed by atoms with Gasteiger partial charge in [0, 0.05) is 12.5 Å². The van der Waals surface area contributed by atoms with E-state index in [4.69, 9.17) is 0 Å². The molecule has 0 saturated carbocycles. The Morgan fingerprint density at radius 3 is 0.587 bits per heavy atom. The molecule has 0 fully saturated rings. The van der Waals surface area contributed by atoms with Crippen LogP contribution in [0.15, 0.2) is 0 Å². The van der Waals surface area contributed by atoms with E-state index < -0.39 is 0 Å². The standard InChI is InChI=1S/C61H123NO/c1-4-7-10-13-16-18-20-22-24-26-28-30-32-34-36-38-40-42-44-46-48-50-52-55-58-60(61(63)62-59-56-53-15-12-9-6-3)57-54-51-49-47-45-43-41-39-37-35-33-31-29-27-25-23-21-19-17-14-11-8-5-2/h60H,4-59H2,1-3H3,(H,62,63). The van der Waals surface area contributed by atoms with Crippen LogP contribution in [0.5, 0.6) is 0 Å². The summed E-state index contributed by atoms with van der Waals surface area (Å²) in [6.07, 6.45) is 77.4. The van der Waals surface area contributed by atoms with E-state index >= 15 is 0 Å². The first-order chi connectivity index (χ1) is 31.3. The molecule has 2 heteroatoms. The summed E-state index contributed by atoms with van der Waals surface area (Å²) in [5.74, 6) is 0.621. The molecule has 0 bridgehead atoms. The van der Waals surface area contributed by atoms with E-state index in [0.717, 1.165) is 25.8 Å². The first kappa shape index (κ1) is 62.5. The molecule has 1 atom stereocenters. The van der Waals surface area contributed by atoms with Gasteiger partial charge in [-0.05, 0) is 19.3 Å². The molecule has 0 aromatic carbocycles. The second kappa shape index (κ2) is 57.6. The van der Waals surface area contributed by atoms with Crippen molar-refractivity contribution in [1.82, 2.24) is 5.32 Å². The van der Waals surface area contributed by atoms with Crippen molar-refractivity contribution >= 4 is 5.91 Å². The molecular formula is C61H123NO. The minimum absolute atomic E-state index is 0.250. The summed E-state index contributed by atoms with van der Waals surface area (Å²) in [4.78, 5) is 13.3. The predicted molar refractivity (Wildman–Crippen MR) is 287 cm³/mol. The van der Waals surface area contributed by atoms with Gasteiger partial charge in [-0.15, -0.1) is 0 Å². The zero-order chi connectivity index (χ0) is 45.5. The smallest absolute Gasteiger partial charge is 0.223 e. The fourth-order valence-corrected chi connectivity index (χ4v) is 10.2. The van der Waals surface area contributed by atoms with E-state index in [1.54, 1.807) is 0 Å². The van der Waals surface area contributed by atoms with Gasteiger partial charge >= 0.3 is 0 Å². The Morgan fingerprint density at radius 1 is 0.238 bits per heavy atom. The number of carbonyl (C=O) groups is 1. The second-order valence-corrected chi connectivity index (χ2v) is 21.2. The molecule has 378 valence electrons. The van der Waals surface area contributed by atoms with Crippen molar-refractivity contribution in [1.29, 1.82) is 0 Å². The second-order valence-electron chi connectivity index (χ2n) is 21.2. The van der Waals surface area contributed by atoms with Gasteiger partial charge in [0.2, 0.25) is 5.91 Å². The van der Waals surface area contributed by atoms with Crippen LogP contribution in [0, 0.1) is 5.92 Å². The van der Waals surface area contributed by atoms with Gasteiger partial charge in [0.05, 0.1) is 0 Å². The minimum atomic E-state index is 0.250. The van der Waals surface area contributed by atoms with Crippen LogP contribution in [0.2, 0.25) is 0 Å². The summed E-state index contributed by atoms with van der Waals surface area (Å²) >= 11 is 0. The summed E-state index contributed by atoms with van der Waals surface area (Å²) in [6.45, 7) is 7.79. The molecule has 0 aromatic heterocycles. The fraction of sp³-hybridized carbons (Fsp3) is 0.984. The van der Waals surface area contributed by atoms with Crippen molar-refractivity contribution in [2.24, 2.45) is 5.92 Å². The molecule has 0 heterocycles. The van der Waals surface area contributed by atoms with E-state index in [2.05, 4.69) is 26.1 Å². The Balaban J connectivity index is 3.81. The maximum Gasteiger partial charge on any atom is 0.223 e. The molecule has 0 spiro atoms. The molecule has 0 aliphatic heterocycles. The first-order valence-electron chi connectivity index (χ1n) is 30.5. The van der Waals surface area contributed by atoms with Crippen LogP contribution in [0.4, 0.5) is 0 Å². The van der Waals surface area contributed by atoms with Crippen molar-refractivity contribution in [2.75, 3.05) is 6.54 Å². The number of carbonyl (C=O) groups excluding carboxylic acids is 1. The molecule has 1 amide bonds. The summed E-state index contributed by atoms with van der Waals surface area (Å²) in [7, 11) is 0.